The quantitative estimate of drug-likeness (QED) is 0.397. The lowest BCUT2D eigenvalue weighted by molar-refractivity contribution is -0.130. The Bertz CT molecular complexity index is 1130. The number of hydrogen-bond acceptors (Lipinski definition) is 6. The molecule has 0 aliphatic heterocycles. The number of esters is 1. The van der Waals surface area contributed by atoms with Gasteiger partial charge in [-0.2, -0.15) is 0 Å². The van der Waals surface area contributed by atoms with Crippen LogP contribution < -0.4 is 16.0 Å². The highest BCUT2D eigenvalue weighted by molar-refractivity contribution is 5.97. The molecule has 2 rings (SSSR count). The lowest BCUT2D eigenvalue weighted by atomic mass is 10.2. The number of hydrogen-bond donors (Lipinski definition) is 3. The van der Waals surface area contributed by atoms with E-state index in [0.717, 1.165) is 6.07 Å². The summed E-state index contributed by atoms with van der Waals surface area (Å²) >= 11 is 0. The van der Waals surface area contributed by atoms with E-state index in [0.29, 0.717) is 6.07 Å². The SMILES string of the molecule is C[C@H](OC(=O)c1cccc(NC(=O)OC(C)(C)C)c1)C(=O)NCC(=O)Nc1ccc(F)c(F)c1F. The molecular weight excluding hydrogens is 471 g/mol. The van der Waals surface area contributed by atoms with Gasteiger partial charge in [0.15, 0.2) is 23.6 Å². The number of anilines is 2. The molecule has 0 heterocycles. The van der Waals surface area contributed by atoms with Gasteiger partial charge in [0.05, 0.1) is 17.8 Å². The highest BCUT2D eigenvalue weighted by Crippen LogP contribution is 2.19. The first-order valence-electron chi connectivity index (χ1n) is 10.3. The third-order valence-electron chi connectivity index (χ3n) is 4.13. The fraction of sp³-hybridized carbons (Fsp3) is 0.304. The Morgan fingerprint density at radius 1 is 0.971 bits per heavy atom. The van der Waals surface area contributed by atoms with Crippen LogP contribution in [0.15, 0.2) is 36.4 Å². The van der Waals surface area contributed by atoms with Gasteiger partial charge in [0.25, 0.3) is 5.91 Å². The van der Waals surface area contributed by atoms with Crippen LogP contribution in [0.4, 0.5) is 29.3 Å². The lowest BCUT2D eigenvalue weighted by Gasteiger charge is -2.19. The molecule has 12 heteroatoms. The summed E-state index contributed by atoms with van der Waals surface area (Å²) in [6.45, 7) is 5.67. The standard InChI is InChI=1S/C23H24F3N3O6/c1-12(20(31)27-11-17(30)29-16-9-8-15(24)18(25)19(16)26)34-21(32)13-6-5-7-14(10-13)28-22(33)35-23(2,3)4/h5-10,12H,11H2,1-4H3,(H,27,31)(H,28,33)(H,29,30)/t12-/m0/s1. The van der Waals surface area contributed by atoms with Gasteiger partial charge in [0.2, 0.25) is 5.91 Å². The van der Waals surface area contributed by atoms with E-state index in [1.54, 1.807) is 20.8 Å². The van der Waals surface area contributed by atoms with E-state index in [1.807, 2.05) is 5.32 Å². The predicted molar refractivity (Wildman–Crippen MR) is 119 cm³/mol. The molecule has 0 saturated heterocycles. The summed E-state index contributed by atoms with van der Waals surface area (Å²) in [4.78, 5) is 48.3. The van der Waals surface area contributed by atoms with Gasteiger partial charge in [0.1, 0.15) is 5.60 Å². The van der Waals surface area contributed by atoms with Gasteiger partial charge in [-0.05, 0) is 58.0 Å². The first kappa shape index (κ1) is 27.2. The van der Waals surface area contributed by atoms with Gasteiger partial charge in [-0.15, -0.1) is 0 Å². The van der Waals surface area contributed by atoms with Crippen molar-refractivity contribution in [1.29, 1.82) is 0 Å². The molecule has 0 radical (unpaired) electrons. The average Bonchev–Trinajstić information content (AvgIpc) is 2.76. The number of nitrogens with one attached hydrogen (secondary N) is 3. The van der Waals surface area contributed by atoms with Crippen LogP contribution >= 0.6 is 0 Å². The molecule has 2 aromatic rings. The minimum absolute atomic E-state index is 0.0322. The third kappa shape index (κ3) is 8.32. The topological polar surface area (TPSA) is 123 Å². The normalized spacial score (nSPS) is 11.7. The van der Waals surface area contributed by atoms with Crippen LogP contribution in [0.25, 0.3) is 0 Å². The number of amides is 3. The second-order valence-electron chi connectivity index (χ2n) is 8.24. The molecular formula is C23H24F3N3O6. The van der Waals surface area contributed by atoms with Crippen LogP contribution in [0.5, 0.6) is 0 Å². The van der Waals surface area contributed by atoms with E-state index in [2.05, 4.69) is 10.6 Å². The van der Waals surface area contributed by atoms with E-state index in [4.69, 9.17) is 9.47 Å². The van der Waals surface area contributed by atoms with Crippen molar-refractivity contribution in [2.24, 2.45) is 0 Å². The summed E-state index contributed by atoms with van der Waals surface area (Å²) in [7, 11) is 0. The summed E-state index contributed by atoms with van der Waals surface area (Å²) in [5, 5.41) is 6.63. The van der Waals surface area contributed by atoms with E-state index in [1.165, 1.54) is 31.2 Å². The zero-order valence-corrected chi connectivity index (χ0v) is 19.3. The summed E-state index contributed by atoms with van der Waals surface area (Å²) in [5.41, 5.74) is -1.04. The van der Waals surface area contributed by atoms with Crippen molar-refractivity contribution in [3.63, 3.8) is 0 Å². The molecule has 0 fully saturated rings. The number of rotatable bonds is 7. The van der Waals surface area contributed by atoms with Crippen molar-refractivity contribution in [2.45, 2.75) is 39.4 Å². The molecule has 3 amide bonds. The molecule has 0 aromatic heterocycles. The van der Waals surface area contributed by atoms with Gasteiger partial charge in [0, 0.05) is 5.69 Å². The van der Waals surface area contributed by atoms with Crippen LogP contribution in [0, 0.1) is 17.5 Å². The fourth-order valence-corrected chi connectivity index (χ4v) is 2.56. The van der Waals surface area contributed by atoms with Gasteiger partial charge >= 0.3 is 12.1 Å². The smallest absolute Gasteiger partial charge is 0.412 e. The lowest BCUT2D eigenvalue weighted by Crippen LogP contribution is -2.40. The predicted octanol–water partition coefficient (Wildman–Crippen LogP) is 3.75. The summed E-state index contributed by atoms with van der Waals surface area (Å²) < 4.78 is 50.0. The summed E-state index contributed by atoms with van der Waals surface area (Å²) in [5.74, 6) is -7.41. The van der Waals surface area contributed by atoms with Crippen molar-refractivity contribution in [1.82, 2.24) is 5.32 Å². The van der Waals surface area contributed by atoms with Gasteiger partial charge in [-0.1, -0.05) is 6.07 Å². The molecule has 0 saturated carbocycles. The van der Waals surface area contributed by atoms with Crippen molar-refractivity contribution in [3.8, 4) is 0 Å². The Morgan fingerprint density at radius 2 is 1.66 bits per heavy atom. The van der Waals surface area contributed by atoms with Crippen molar-refractivity contribution in [2.75, 3.05) is 17.2 Å². The first-order valence-corrected chi connectivity index (χ1v) is 10.3. The minimum atomic E-state index is -1.75. The van der Waals surface area contributed by atoms with Crippen molar-refractivity contribution in [3.05, 3.63) is 59.4 Å². The molecule has 2 aromatic carbocycles. The monoisotopic (exact) mass is 495 g/mol. The highest BCUT2D eigenvalue weighted by atomic mass is 19.2. The zero-order chi connectivity index (χ0) is 26.3. The molecule has 0 aliphatic rings. The maximum absolute atomic E-state index is 13.6. The summed E-state index contributed by atoms with van der Waals surface area (Å²) in [6.07, 6.45) is -2.05. The number of carbonyl (C=O) groups excluding carboxylic acids is 4. The fourth-order valence-electron chi connectivity index (χ4n) is 2.56. The van der Waals surface area contributed by atoms with E-state index < -0.39 is 65.3 Å². The zero-order valence-electron chi connectivity index (χ0n) is 19.3. The van der Waals surface area contributed by atoms with Gasteiger partial charge < -0.3 is 20.1 Å². The Hall–Kier alpha value is -4.09. The van der Waals surface area contributed by atoms with Crippen LogP contribution in [0.1, 0.15) is 38.1 Å². The molecule has 0 unspecified atom stereocenters. The number of ether oxygens (including phenoxy) is 2. The van der Waals surface area contributed by atoms with Gasteiger partial charge in [-0.3, -0.25) is 14.9 Å². The number of halogens is 3. The average molecular weight is 495 g/mol. The molecule has 188 valence electrons. The molecule has 3 N–H and O–H groups in total. The maximum atomic E-state index is 13.6. The maximum Gasteiger partial charge on any atom is 0.412 e. The molecule has 1 atom stereocenters. The number of benzene rings is 2. The van der Waals surface area contributed by atoms with Crippen LogP contribution in [0.3, 0.4) is 0 Å². The van der Waals surface area contributed by atoms with Crippen LogP contribution in [-0.2, 0) is 19.1 Å². The largest absolute Gasteiger partial charge is 0.449 e. The Kier molecular flexibility index (Phi) is 8.81. The molecule has 0 bridgehead atoms. The molecule has 35 heavy (non-hydrogen) atoms. The second-order valence-corrected chi connectivity index (χ2v) is 8.24. The van der Waals surface area contributed by atoms with E-state index in [9.17, 15) is 32.3 Å². The molecule has 9 nitrogen and oxygen atoms in total. The van der Waals surface area contributed by atoms with Crippen LogP contribution in [-0.4, -0.2) is 42.1 Å². The third-order valence-corrected chi connectivity index (χ3v) is 4.13. The Labute approximate surface area is 199 Å². The Balaban J connectivity index is 1.88. The molecule has 0 spiro atoms. The second kappa shape index (κ2) is 11.4. The minimum Gasteiger partial charge on any atom is -0.449 e. The first-order chi connectivity index (χ1) is 16.3. The molecule has 0 aliphatic carbocycles. The summed E-state index contributed by atoms with van der Waals surface area (Å²) in [6, 6.07) is 7.18. The van der Waals surface area contributed by atoms with Crippen LogP contribution in [0.2, 0.25) is 0 Å². The highest BCUT2D eigenvalue weighted by Gasteiger charge is 2.21. The van der Waals surface area contributed by atoms with Crippen molar-refractivity contribution >= 4 is 35.3 Å². The van der Waals surface area contributed by atoms with E-state index >= 15 is 0 Å². The van der Waals surface area contributed by atoms with Gasteiger partial charge in [-0.25, -0.2) is 22.8 Å². The Morgan fingerprint density at radius 3 is 2.31 bits per heavy atom. The number of carbonyl (C=O) groups is 4. The van der Waals surface area contributed by atoms with E-state index in [-0.39, 0.29) is 11.3 Å². The van der Waals surface area contributed by atoms with Crippen molar-refractivity contribution < 1.29 is 41.8 Å².